The number of aromatic nitrogens is 1. The van der Waals surface area contributed by atoms with Crippen molar-refractivity contribution in [3.05, 3.63) is 30.1 Å². The van der Waals surface area contributed by atoms with Gasteiger partial charge < -0.3 is 5.11 Å². The first-order chi connectivity index (χ1) is 8.24. The monoisotopic (exact) mass is 235 g/mol. The van der Waals surface area contributed by atoms with E-state index in [0.717, 1.165) is 45.0 Å². The van der Waals surface area contributed by atoms with Crippen molar-refractivity contribution in [2.24, 2.45) is 0 Å². The lowest BCUT2D eigenvalue weighted by Gasteiger charge is -2.35. The van der Waals surface area contributed by atoms with Gasteiger partial charge in [0, 0.05) is 45.5 Å². The second-order valence-corrected chi connectivity index (χ2v) is 4.75. The molecule has 4 heteroatoms. The van der Waals surface area contributed by atoms with Crippen LogP contribution in [0.15, 0.2) is 24.4 Å². The third-order valence-electron chi connectivity index (χ3n) is 3.10. The highest BCUT2D eigenvalue weighted by atomic mass is 16.3. The minimum absolute atomic E-state index is 0.225. The molecule has 17 heavy (non-hydrogen) atoms. The minimum atomic E-state index is -0.225. The molecule has 1 aliphatic rings. The third kappa shape index (κ3) is 4.07. The smallest absolute Gasteiger partial charge is 0.0639 e. The zero-order valence-corrected chi connectivity index (χ0v) is 10.4. The summed E-state index contributed by atoms with van der Waals surface area (Å²) in [6.45, 7) is 7.77. The zero-order valence-electron chi connectivity index (χ0n) is 10.4. The maximum absolute atomic E-state index is 9.34. The van der Waals surface area contributed by atoms with Crippen molar-refractivity contribution < 1.29 is 5.11 Å². The second kappa shape index (κ2) is 6.10. The lowest BCUT2D eigenvalue weighted by atomic mass is 10.2. The summed E-state index contributed by atoms with van der Waals surface area (Å²) in [6.07, 6.45) is 1.62. The zero-order chi connectivity index (χ0) is 12.1. The summed E-state index contributed by atoms with van der Waals surface area (Å²) in [5, 5.41) is 9.34. The molecule has 0 aliphatic carbocycles. The summed E-state index contributed by atoms with van der Waals surface area (Å²) in [6, 6.07) is 6.05. The van der Waals surface area contributed by atoms with E-state index in [2.05, 4.69) is 20.9 Å². The number of β-amino-alcohol motifs (C(OH)–C–C–N with tert-alkyl or cyclic N) is 1. The number of aliphatic hydroxyl groups excluding tert-OH is 1. The van der Waals surface area contributed by atoms with Crippen LogP contribution in [-0.4, -0.2) is 58.7 Å². The van der Waals surface area contributed by atoms with Gasteiger partial charge in [-0.05, 0) is 19.1 Å². The molecule has 1 aromatic rings. The van der Waals surface area contributed by atoms with E-state index in [1.165, 1.54) is 0 Å². The van der Waals surface area contributed by atoms with Crippen LogP contribution in [0, 0.1) is 0 Å². The number of nitrogens with zero attached hydrogens (tertiary/aromatic N) is 3. The third-order valence-corrected chi connectivity index (χ3v) is 3.10. The van der Waals surface area contributed by atoms with E-state index in [1.54, 1.807) is 0 Å². The number of rotatable bonds is 4. The maximum Gasteiger partial charge on any atom is 0.0639 e. The molecule has 1 aliphatic heterocycles. The van der Waals surface area contributed by atoms with Crippen molar-refractivity contribution >= 4 is 0 Å². The standard InChI is InChI=1S/C13H21N3O/c1-12(17)10-15-6-8-16(9-7-15)11-13-4-2-3-5-14-13/h2-5,12,17H,6-11H2,1H3/t12-/m1/s1. The largest absolute Gasteiger partial charge is 0.392 e. The van der Waals surface area contributed by atoms with Gasteiger partial charge in [-0.3, -0.25) is 14.8 Å². The molecule has 0 bridgehead atoms. The fraction of sp³-hybridized carbons (Fsp3) is 0.615. The van der Waals surface area contributed by atoms with Gasteiger partial charge in [-0.2, -0.15) is 0 Å². The summed E-state index contributed by atoms with van der Waals surface area (Å²) in [7, 11) is 0. The first-order valence-electron chi connectivity index (χ1n) is 6.27. The van der Waals surface area contributed by atoms with Gasteiger partial charge in [-0.1, -0.05) is 6.07 Å². The van der Waals surface area contributed by atoms with Gasteiger partial charge in [0.2, 0.25) is 0 Å². The van der Waals surface area contributed by atoms with Crippen molar-refractivity contribution in [3.63, 3.8) is 0 Å². The summed E-state index contributed by atoms with van der Waals surface area (Å²) < 4.78 is 0. The van der Waals surface area contributed by atoms with Crippen LogP contribution in [0.25, 0.3) is 0 Å². The number of piperazine rings is 1. The Balaban J connectivity index is 1.76. The van der Waals surface area contributed by atoms with Crippen molar-refractivity contribution in [1.29, 1.82) is 0 Å². The van der Waals surface area contributed by atoms with Gasteiger partial charge in [0.25, 0.3) is 0 Å². The number of hydrogen-bond donors (Lipinski definition) is 1. The van der Waals surface area contributed by atoms with Gasteiger partial charge in [0.15, 0.2) is 0 Å². The van der Waals surface area contributed by atoms with Crippen LogP contribution < -0.4 is 0 Å². The van der Waals surface area contributed by atoms with Gasteiger partial charge in [0.1, 0.15) is 0 Å². The fourth-order valence-corrected chi connectivity index (χ4v) is 2.22. The average Bonchev–Trinajstić information content (AvgIpc) is 2.32. The van der Waals surface area contributed by atoms with Crippen LogP contribution >= 0.6 is 0 Å². The van der Waals surface area contributed by atoms with E-state index in [9.17, 15) is 5.11 Å². The quantitative estimate of drug-likeness (QED) is 0.828. The Labute approximate surface area is 103 Å². The minimum Gasteiger partial charge on any atom is -0.392 e. The number of aliphatic hydroxyl groups is 1. The maximum atomic E-state index is 9.34. The number of hydrogen-bond acceptors (Lipinski definition) is 4. The highest BCUT2D eigenvalue weighted by Crippen LogP contribution is 2.06. The average molecular weight is 235 g/mol. The highest BCUT2D eigenvalue weighted by molar-refractivity contribution is 5.03. The normalized spacial score (nSPS) is 20.4. The molecular formula is C13H21N3O. The van der Waals surface area contributed by atoms with E-state index in [1.807, 2.05) is 25.3 Å². The lowest BCUT2D eigenvalue weighted by molar-refractivity contribution is 0.0776. The lowest BCUT2D eigenvalue weighted by Crippen LogP contribution is -2.47. The van der Waals surface area contributed by atoms with Crippen LogP contribution in [-0.2, 0) is 6.54 Å². The van der Waals surface area contributed by atoms with Crippen molar-refractivity contribution in [1.82, 2.24) is 14.8 Å². The highest BCUT2D eigenvalue weighted by Gasteiger charge is 2.17. The molecule has 1 N–H and O–H groups in total. The molecule has 0 amide bonds. The Kier molecular flexibility index (Phi) is 4.48. The van der Waals surface area contributed by atoms with Gasteiger partial charge in [-0.15, -0.1) is 0 Å². The summed E-state index contributed by atoms with van der Waals surface area (Å²) in [5.74, 6) is 0. The number of pyridine rings is 1. The SMILES string of the molecule is C[C@@H](O)CN1CCN(Cc2ccccn2)CC1. The molecular weight excluding hydrogens is 214 g/mol. The Morgan fingerprint density at radius 1 is 1.24 bits per heavy atom. The first kappa shape index (κ1) is 12.5. The van der Waals surface area contributed by atoms with Crippen molar-refractivity contribution in [2.75, 3.05) is 32.7 Å². The molecule has 0 spiro atoms. The van der Waals surface area contributed by atoms with Crippen molar-refractivity contribution in [3.8, 4) is 0 Å². The van der Waals surface area contributed by atoms with Crippen LogP contribution in [0.3, 0.4) is 0 Å². The van der Waals surface area contributed by atoms with Crippen LogP contribution in [0.5, 0.6) is 0 Å². The van der Waals surface area contributed by atoms with E-state index in [4.69, 9.17) is 0 Å². The molecule has 1 atom stereocenters. The molecule has 1 fully saturated rings. The summed E-state index contributed by atoms with van der Waals surface area (Å²) in [4.78, 5) is 9.08. The van der Waals surface area contributed by atoms with E-state index in [0.29, 0.717) is 0 Å². The Morgan fingerprint density at radius 3 is 2.53 bits per heavy atom. The molecule has 0 aromatic carbocycles. The predicted molar refractivity (Wildman–Crippen MR) is 67.6 cm³/mol. The molecule has 0 saturated carbocycles. The van der Waals surface area contributed by atoms with Crippen LogP contribution in [0.1, 0.15) is 12.6 Å². The van der Waals surface area contributed by atoms with Crippen LogP contribution in [0.2, 0.25) is 0 Å². The van der Waals surface area contributed by atoms with Crippen molar-refractivity contribution in [2.45, 2.75) is 19.6 Å². The molecule has 1 saturated heterocycles. The molecule has 2 heterocycles. The Hall–Kier alpha value is -0.970. The van der Waals surface area contributed by atoms with Gasteiger partial charge in [0.05, 0.1) is 11.8 Å². The van der Waals surface area contributed by atoms with Gasteiger partial charge in [-0.25, -0.2) is 0 Å². The molecule has 1 aromatic heterocycles. The summed E-state index contributed by atoms with van der Waals surface area (Å²) in [5.41, 5.74) is 1.14. The first-order valence-corrected chi connectivity index (χ1v) is 6.27. The fourth-order valence-electron chi connectivity index (χ4n) is 2.22. The Bertz CT molecular complexity index is 321. The predicted octanol–water partition coefficient (Wildman–Crippen LogP) is 0.580. The summed E-state index contributed by atoms with van der Waals surface area (Å²) >= 11 is 0. The molecule has 2 rings (SSSR count). The molecule has 0 unspecified atom stereocenters. The Morgan fingerprint density at radius 2 is 1.94 bits per heavy atom. The molecule has 4 nitrogen and oxygen atoms in total. The van der Waals surface area contributed by atoms with E-state index >= 15 is 0 Å². The topological polar surface area (TPSA) is 39.6 Å². The molecule has 0 radical (unpaired) electrons. The molecule has 94 valence electrons. The second-order valence-electron chi connectivity index (χ2n) is 4.75. The van der Waals surface area contributed by atoms with Crippen LogP contribution in [0.4, 0.5) is 0 Å². The van der Waals surface area contributed by atoms with Gasteiger partial charge >= 0.3 is 0 Å². The van der Waals surface area contributed by atoms with E-state index < -0.39 is 0 Å². The van der Waals surface area contributed by atoms with E-state index in [-0.39, 0.29) is 6.10 Å².